The highest BCUT2D eigenvalue weighted by Crippen LogP contribution is 2.29. The molecule has 0 saturated carbocycles. The Morgan fingerprint density at radius 3 is 3.00 bits per heavy atom. The lowest BCUT2D eigenvalue weighted by Gasteiger charge is -2.15. The van der Waals surface area contributed by atoms with Crippen molar-refractivity contribution in [2.75, 3.05) is 6.61 Å². The van der Waals surface area contributed by atoms with E-state index in [4.69, 9.17) is 10.5 Å². The second-order valence-electron chi connectivity index (χ2n) is 3.77. The molecule has 1 aromatic carbocycles. The number of ether oxygens (including phenoxy) is 1. The summed E-state index contributed by atoms with van der Waals surface area (Å²) in [4.78, 5) is 0. The van der Waals surface area contributed by atoms with Gasteiger partial charge in [-0.2, -0.15) is 0 Å². The van der Waals surface area contributed by atoms with Gasteiger partial charge in [0.1, 0.15) is 5.75 Å². The Morgan fingerprint density at radius 2 is 2.29 bits per heavy atom. The van der Waals surface area contributed by atoms with Crippen LogP contribution in [0.2, 0.25) is 0 Å². The van der Waals surface area contributed by atoms with E-state index < -0.39 is 6.10 Å². The summed E-state index contributed by atoms with van der Waals surface area (Å²) in [5.41, 5.74) is 7.67. The van der Waals surface area contributed by atoms with Gasteiger partial charge in [-0.3, -0.25) is 0 Å². The van der Waals surface area contributed by atoms with Crippen molar-refractivity contribution in [2.24, 2.45) is 5.73 Å². The molecule has 1 aliphatic heterocycles. The molecule has 2 atom stereocenters. The Bertz CT molecular complexity index is 336. The molecule has 0 saturated heterocycles. The van der Waals surface area contributed by atoms with Gasteiger partial charge in [0.25, 0.3) is 0 Å². The minimum Gasteiger partial charge on any atom is -0.493 e. The summed E-state index contributed by atoms with van der Waals surface area (Å²) in [5.74, 6) is 0.891. The summed E-state index contributed by atoms with van der Waals surface area (Å²) in [5, 5.41) is 9.75. The Hall–Kier alpha value is -1.06. The van der Waals surface area contributed by atoms with Gasteiger partial charge in [0.15, 0.2) is 0 Å². The second-order valence-corrected chi connectivity index (χ2v) is 3.77. The lowest BCUT2D eigenvalue weighted by Crippen LogP contribution is -2.24. The van der Waals surface area contributed by atoms with Crippen LogP contribution in [0.4, 0.5) is 0 Å². The zero-order valence-corrected chi connectivity index (χ0v) is 8.23. The fraction of sp³-hybridized carbons (Fsp3) is 0.455. The van der Waals surface area contributed by atoms with Gasteiger partial charge in [-0.15, -0.1) is 0 Å². The first-order chi connectivity index (χ1) is 6.68. The average Bonchev–Trinajstić information content (AvgIpc) is 2.62. The normalized spacial score (nSPS) is 18.5. The maximum atomic E-state index is 9.75. The molecule has 0 aliphatic carbocycles. The molecule has 0 aromatic heterocycles. The van der Waals surface area contributed by atoms with Gasteiger partial charge in [-0.25, -0.2) is 0 Å². The van der Waals surface area contributed by atoms with Crippen LogP contribution in [-0.2, 0) is 6.42 Å². The van der Waals surface area contributed by atoms with E-state index >= 15 is 0 Å². The molecule has 3 N–H and O–H groups in total. The highest BCUT2D eigenvalue weighted by molar-refractivity contribution is 5.40. The third-order valence-corrected chi connectivity index (χ3v) is 2.56. The van der Waals surface area contributed by atoms with Crippen molar-refractivity contribution in [2.45, 2.75) is 25.5 Å². The summed E-state index contributed by atoms with van der Waals surface area (Å²) in [7, 11) is 0. The first-order valence-corrected chi connectivity index (χ1v) is 4.88. The number of hydrogen-bond donors (Lipinski definition) is 2. The fourth-order valence-electron chi connectivity index (χ4n) is 1.67. The minimum absolute atomic E-state index is 0.255. The van der Waals surface area contributed by atoms with Crippen LogP contribution in [-0.4, -0.2) is 17.8 Å². The van der Waals surface area contributed by atoms with Crippen LogP contribution in [0.3, 0.4) is 0 Å². The van der Waals surface area contributed by atoms with Crippen molar-refractivity contribution in [3.05, 3.63) is 29.3 Å². The third kappa shape index (κ3) is 1.61. The monoisotopic (exact) mass is 193 g/mol. The number of rotatable bonds is 2. The highest BCUT2D eigenvalue weighted by atomic mass is 16.5. The molecule has 0 fully saturated rings. The van der Waals surface area contributed by atoms with E-state index in [2.05, 4.69) is 0 Å². The van der Waals surface area contributed by atoms with E-state index in [-0.39, 0.29) is 6.04 Å². The van der Waals surface area contributed by atoms with Crippen molar-refractivity contribution >= 4 is 0 Å². The van der Waals surface area contributed by atoms with E-state index in [1.807, 2.05) is 18.2 Å². The number of nitrogens with two attached hydrogens (primary N) is 1. The molecule has 0 radical (unpaired) electrons. The Balaban J connectivity index is 2.28. The van der Waals surface area contributed by atoms with Crippen LogP contribution in [0, 0.1) is 0 Å². The van der Waals surface area contributed by atoms with Gasteiger partial charge < -0.3 is 15.6 Å². The number of aliphatic hydroxyl groups excluding tert-OH is 1. The van der Waals surface area contributed by atoms with Gasteiger partial charge >= 0.3 is 0 Å². The Kier molecular flexibility index (Phi) is 2.44. The van der Waals surface area contributed by atoms with Crippen LogP contribution < -0.4 is 10.5 Å². The van der Waals surface area contributed by atoms with Gasteiger partial charge in [-0.1, -0.05) is 12.1 Å². The summed E-state index contributed by atoms with van der Waals surface area (Å²) in [6, 6.07) is 5.55. The van der Waals surface area contributed by atoms with Crippen LogP contribution in [0.15, 0.2) is 18.2 Å². The molecule has 1 heterocycles. The molecule has 1 aliphatic rings. The van der Waals surface area contributed by atoms with Crippen molar-refractivity contribution in [3.8, 4) is 5.75 Å². The van der Waals surface area contributed by atoms with Crippen LogP contribution >= 0.6 is 0 Å². The predicted molar refractivity (Wildman–Crippen MR) is 54.3 cm³/mol. The summed E-state index contributed by atoms with van der Waals surface area (Å²) in [6.45, 7) is 2.53. The standard InChI is InChI=1S/C11H15NO2/c1-7(12)11(13)9-3-2-8-4-5-14-10(8)6-9/h2-3,6-7,11,13H,4-5,12H2,1H3. The largest absolute Gasteiger partial charge is 0.493 e. The quantitative estimate of drug-likeness (QED) is 0.736. The van der Waals surface area contributed by atoms with Crippen molar-refractivity contribution in [3.63, 3.8) is 0 Å². The Morgan fingerprint density at radius 1 is 1.50 bits per heavy atom. The molecular weight excluding hydrogens is 178 g/mol. The SMILES string of the molecule is CC(N)C(O)c1ccc2c(c1)OCC2. The van der Waals surface area contributed by atoms with Gasteiger partial charge in [0, 0.05) is 12.5 Å². The molecule has 0 amide bonds. The fourth-order valence-corrected chi connectivity index (χ4v) is 1.67. The van der Waals surface area contributed by atoms with Crippen LogP contribution in [0.25, 0.3) is 0 Å². The maximum absolute atomic E-state index is 9.75. The topological polar surface area (TPSA) is 55.5 Å². The number of aliphatic hydroxyl groups is 1. The van der Waals surface area contributed by atoms with Gasteiger partial charge in [0.2, 0.25) is 0 Å². The molecule has 1 aromatic rings. The molecule has 14 heavy (non-hydrogen) atoms. The number of benzene rings is 1. The molecule has 3 heteroatoms. The summed E-state index contributed by atoms with van der Waals surface area (Å²) >= 11 is 0. The average molecular weight is 193 g/mol. The van der Waals surface area contributed by atoms with E-state index in [9.17, 15) is 5.11 Å². The minimum atomic E-state index is -0.607. The molecular formula is C11H15NO2. The summed E-state index contributed by atoms with van der Waals surface area (Å²) < 4.78 is 5.42. The molecule has 76 valence electrons. The lowest BCUT2D eigenvalue weighted by molar-refractivity contribution is 0.153. The molecule has 2 rings (SSSR count). The summed E-state index contributed by atoms with van der Waals surface area (Å²) in [6.07, 6.45) is 0.355. The predicted octanol–water partition coefficient (Wildman–Crippen LogP) is 1.00. The van der Waals surface area contributed by atoms with Gasteiger partial charge in [0.05, 0.1) is 12.7 Å². The Labute approximate surface area is 83.5 Å². The van der Waals surface area contributed by atoms with Crippen LogP contribution in [0.1, 0.15) is 24.2 Å². The zero-order valence-electron chi connectivity index (χ0n) is 8.23. The van der Waals surface area contributed by atoms with Crippen molar-refractivity contribution < 1.29 is 9.84 Å². The number of fused-ring (bicyclic) bond motifs is 1. The van der Waals surface area contributed by atoms with Crippen molar-refractivity contribution in [1.29, 1.82) is 0 Å². The van der Waals surface area contributed by atoms with E-state index in [1.165, 1.54) is 5.56 Å². The third-order valence-electron chi connectivity index (χ3n) is 2.56. The maximum Gasteiger partial charge on any atom is 0.122 e. The van der Waals surface area contributed by atoms with E-state index in [0.717, 1.165) is 24.3 Å². The molecule has 3 nitrogen and oxygen atoms in total. The zero-order chi connectivity index (χ0) is 10.1. The number of hydrogen-bond acceptors (Lipinski definition) is 3. The molecule has 0 bridgehead atoms. The first-order valence-electron chi connectivity index (χ1n) is 4.88. The van der Waals surface area contributed by atoms with E-state index in [0.29, 0.717) is 0 Å². The highest BCUT2D eigenvalue weighted by Gasteiger charge is 2.17. The molecule has 2 unspecified atom stereocenters. The second kappa shape index (κ2) is 3.59. The molecule has 0 spiro atoms. The lowest BCUT2D eigenvalue weighted by atomic mass is 10.0. The van der Waals surface area contributed by atoms with E-state index in [1.54, 1.807) is 6.92 Å². The van der Waals surface area contributed by atoms with Crippen LogP contribution in [0.5, 0.6) is 5.75 Å². The smallest absolute Gasteiger partial charge is 0.122 e. The van der Waals surface area contributed by atoms with Crippen molar-refractivity contribution in [1.82, 2.24) is 0 Å². The first kappa shape index (κ1) is 9.49. The van der Waals surface area contributed by atoms with Gasteiger partial charge in [-0.05, 0) is 24.1 Å².